The van der Waals surface area contributed by atoms with Gasteiger partial charge in [-0.3, -0.25) is 37.3 Å². The zero-order valence-corrected chi connectivity index (χ0v) is 64.6. The van der Waals surface area contributed by atoms with Crippen LogP contribution in [0.5, 0.6) is 0 Å². The van der Waals surface area contributed by atoms with Crippen LogP contribution in [0.15, 0.2) is 0 Å². The molecule has 17 nitrogen and oxygen atoms in total. The van der Waals surface area contributed by atoms with E-state index in [1.165, 1.54) is 205 Å². The van der Waals surface area contributed by atoms with Crippen LogP contribution in [0.4, 0.5) is 0 Å². The minimum atomic E-state index is -4.96. The van der Waals surface area contributed by atoms with E-state index in [0.29, 0.717) is 25.7 Å². The molecule has 570 valence electrons. The Balaban J connectivity index is 5.26. The van der Waals surface area contributed by atoms with E-state index in [0.717, 1.165) is 108 Å². The smallest absolute Gasteiger partial charge is 0.462 e. The third-order valence-electron chi connectivity index (χ3n) is 17.9. The number of ether oxygens (including phenoxy) is 4. The Morgan fingerprint density at radius 1 is 0.281 bits per heavy atom. The molecule has 0 aliphatic heterocycles. The van der Waals surface area contributed by atoms with Gasteiger partial charge in [0.15, 0.2) is 12.2 Å². The van der Waals surface area contributed by atoms with Gasteiger partial charge in [-0.15, -0.1) is 0 Å². The van der Waals surface area contributed by atoms with Gasteiger partial charge in [0.2, 0.25) is 0 Å². The lowest BCUT2D eigenvalue weighted by molar-refractivity contribution is -0.161. The fourth-order valence-corrected chi connectivity index (χ4v) is 13.4. The molecular formula is C77H150O17P2. The van der Waals surface area contributed by atoms with Crippen LogP contribution in [0, 0.1) is 17.8 Å². The van der Waals surface area contributed by atoms with Gasteiger partial charge in [0.05, 0.1) is 26.4 Å². The summed E-state index contributed by atoms with van der Waals surface area (Å²) in [5, 5.41) is 10.6. The van der Waals surface area contributed by atoms with Crippen LogP contribution in [0.25, 0.3) is 0 Å². The van der Waals surface area contributed by atoms with Gasteiger partial charge >= 0.3 is 39.5 Å². The molecule has 0 rings (SSSR count). The number of hydrogen-bond donors (Lipinski definition) is 3. The Morgan fingerprint density at radius 3 is 0.708 bits per heavy atom. The van der Waals surface area contributed by atoms with Crippen molar-refractivity contribution in [2.24, 2.45) is 17.8 Å². The molecule has 19 heteroatoms. The molecule has 0 aromatic heterocycles. The van der Waals surface area contributed by atoms with E-state index in [9.17, 15) is 43.2 Å². The number of phosphoric acid groups is 2. The Bertz CT molecular complexity index is 1870. The minimum absolute atomic E-state index is 0.107. The Kier molecular flexibility index (Phi) is 66.2. The van der Waals surface area contributed by atoms with E-state index in [-0.39, 0.29) is 25.7 Å². The normalized spacial score (nSPS) is 14.1. The number of esters is 4. The molecule has 2 unspecified atom stereocenters. The van der Waals surface area contributed by atoms with Gasteiger partial charge < -0.3 is 33.8 Å². The van der Waals surface area contributed by atoms with Gasteiger partial charge in [0.1, 0.15) is 19.3 Å². The predicted molar refractivity (Wildman–Crippen MR) is 391 cm³/mol. The third-order valence-corrected chi connectivity index (χ3v) is 19.8. The van der Waals surface area contributed by atoms with Gasteiger partial charge in [-0.25, -0.2) is 9.13 Å². The summed E-state index contributed by atoms with van der Waals surface area (Å²) in [6, 6.07) is 0. The second kappa shape index (κ2) is 67.5. The highest BCUT2D eigenvalue weighted by atomic mass is 31.2. The SMILES string of the molecule is CCCCCCCCCCCCCC(=O)OC[C@H](COP(=O)(O)OC[C@H](O)COP(=O)(O)OC[C@@H](COC(=O)CCCCCCCCCCCCCCC(C)C)OC(=O)CCCCCCCCCCCCCCCC(C)C)OC(=O)CCCCCCCCCCCCCC(C)C. The van der Waals surface area contributed by atoms with Gasteiger partial charge in [-0.2, -0.15) is 0 Å². The first kappa shape index (κ1) is 94.1. The molecule has 0 spiro atoms. The van der Waals surface area contributed by atoms with E-state index < -0.39 is 97.5 Å². The number of phosphoric ester groups is 2. The summed E-state index contributed by atoms with van der Waals surface area (Å²) in [4.78, 5) is 72.9. The average Bonchev–Trinajstić information content (AvgIpc) is 1.25. The third kappa shape index (κ3) is 70.5. The monoisotopic (exact) mass is 1410 g/mol. The van der Waals surface area contributed by atoms with E-state index >= 15 is 0 Å². The van der Waals surface area contributed by atoms with Gasteiger partial charge in [-0.05, 0) is 43.4 Å². The molecule has 0 aliphatic carbocycles. The lowest BCUT2D eigenvalue weighted by Gasteiger charge is -2.21. The van der Waals surface area contributed by atoms with Crippen molar-refractivity contribution < 1.29 is 80.2 Å². The Hall–Kier alpha value is -1.94. The zero-order chi connectivity index (χ0) is 70.9. The van der Waals surface area contributed by atoms with E-state index in [4.69, 9.17) is 37.0 Å². The van der Waals surface area contributed by atoms with Crippen molar-refractivity contribution in [1.82, 2.24) is 0 Å². The summed E-state index contributed by atoms with van der Waals surface area (Å²) in [6.07, 6.45) is 53.9. The van der Waals surface area contributed by atoms with E-state index in [2.05, 4.69) is 48.5 Å². The molecular weight excluding hydrogens is 1260 g/mol. The largest absolute Gasteiger partial charge is 0.472 e. The fraction of sp³-hybridized carbons (Fsp3) is 0.948. The highest BCUT2D eigenvalue weighted by molar-refractivity contribution is 7.47. The quantitative estimate of drug-likeness (QED) is 0.0222. The summed E-state index contributed by atoms with van der Waals surface area (Å²) >= 11 is 0. The summed E-state index contributed by atoms with van der Waals surface area (Å²) in [6.45, 7) is 11.9. The maximum Gasteiger partial charge on any atom is 0.472 e. The zero-order valence-electron chi connectivity index (χ0n) is 62.8. The number of aliphatic hydroxyl groups excluding tert-OH is 1. The van der Waals surface area contributed by atoms with Crippen LogP contribution in [0.2, 0.25) is 0 Å². The number of carbonyl (C=O) groups is 4. The molecule has 0 amide bonds. The first-order chi connectivity index (χ1) is 46.2. The number of unbranched alkanes of at least 4 members (excludes halogenated alkanes) is 43. The van der Waals surface area contributed by atoms with Gasteiger partial charge in [0, 0.05) is 25.7 Å². The van der Waals surface area contributed by atoms with Crippen LogP contribution in [0.3, 0.4) is 0 Å². The highest BCUT2D eigenvalue weighted by Crippen LogP contribution is 2.45. The van der Waals surface area contributed by atoms with Crippen LogP contribution in [-0.2, 0) is 65.4 Å². The molecule has 3 N–H and O–H groups in total. The minimum Gasteiger partial charge on any atom is -0.462 e. The van der Waals surface area contributed by atoms with Crippen LogP contribution in [-0.4, -0.2) is 96.7 Å². The van der Waals surface area contributed by atoms with Crippen LogP contribution in [0.1, 0.15) is 395 Å². The molecule has 0 bridgehead atoms. The topological polar surface area (TPSA) is 237 Å². The standard InChI is InChI=1S/C77H150O17P2/c1-8-9-10-11-12-13-20-30-37-44-51-58-74(79)87-64-72(94-77(82)61-54-47-40-33-26-19-23-29-36-43-50-57-70(6)7)66-91-95(83,84)89-62-71(78)63-90-96(85,86)92-67-73(65-88-75(80)59-52-45-38-31-24-18-17-22-28-35-42-49-56-69(4)5)93-76(81)60-53-46-39-32-25-16-14-15-21-27-34-41-48-55-68(2)3/h68-73,78H,8-67H2,1-7H3,(H,83,84)(H,85,86)/t71-,72+,73+/m0/s1. The van der Waals surface area contributed by atoms with Crippen molar-refractivity contribution in [2.75, 3.05) is 39.6 Å². The molecule has 0 radical (unpaired) electrons. The first-order valence-corrected chi connectivity index (χ1v) is 42.8. The number of carbonyl (C=O) groups excluding carboxylic acids is 4. The maximum absolute atomic E-state index is 13.1. The molecule has 96 heavy (non-hydrogen) atoms. The Labute approximate surface area is 588 Å². The van der Waals surface area contributed by atoms with E-state index in [1.54, 1.807) is 0 Å². The summed E-state index contributed by atoms with van der Waals surface area (Å²) in [7, 11) is -9.91. The van der Waals surface area contributed by atoms with Crippen molar-refractivity contribution in [3.63, 3.8) is 0 Å². The summed E-state index contributed by atoms with van der Waals surface area (Å²) < 4.78 is 68.6. The van der Waals surface area contributed by atoms with Gasteiger partial charge in [0.25, 0.3) is 0 Å². The fourth-order valence-electron chi connectivity index (χ4n) is 11.8. The van der Waals surface area contributed by atoms with Crippen molar-refractivity contribution >= 4 is 39.5 Å². The number of aliphatic hydroxyl groups is 1. The van der Waals surface area contributed by atoms with Crippen molar-refractivity contribution in [3.05, 3.63) is 0 Å². The molecule has 0 aromatic carbocycles. The molecule has 0 saturated carbocycles. The Morgan fingerprint density at radius 2 is 0.479 bits per heavy atom. The lowest BCUT2D eigenvalue weighted by Crippen LogP contribution is -2.30. The van der Waals surface area contributed by atoms with E-state index in [1.807, 2.05) is 0 Å². The average molecular weight is 1410 g/mol. The molecule has 0 saturated heterocycles. The molecule has 0 heterocycles. The first-order valence-electron chi connectivity index (χ1n) is 39.8. The molecule has 5 atom stereocenters. The van der Waals surface area contributed by atoms with Crippen LogP contribution >= 0.6 is 15.6 Å². The lowest BCUT2D eigenvalue weighted by atomic mass is 10.0. The van der Waals surface area contributed by atoms with Crippen molar-refractivity contribution in [1.29, 1.82) is 0 Å². The second-order valence-electron chi connectivity index (χ2n) is 29.2. The molecule has 0 fully saturated rings. The molecule has 0 aliphatic rings. The van der Waals surface area contributed by atoms with Crippen molar-refractivity contribution in [3.8, 4) is 0 Å². The highest BCUT2D eigenvalue weighted by Gasteiger charge is 2.30. The van der Waals surface area contributed by atoms with Crippen molar-refractivity contribution in [2.45, 2.75) is 414 Å². The summed E-state index contributed by atoms with van der Waals surface area (Å²) in [5.74, 6) is 0.219. The summed E-state index contributed by atoms with van der Waals surface area (Å²) in [5.41, 5.74) is 0. The number of rotatable bonds is 75. The molecule has 0 aromatic rings. The maximum atomic E-state index is 13.1. The van der Waals surface area contributed by atoms with Crippen LogP contribution < -0.4 is 0 Å². The second-order valence-corrected chi connectivity index (χ2v) is 32.1. The number of hydrogen-bond acceptors (Lipinski definition) is 15. The van der Waals surface area contributed by atoms with Gasteiger partial charge in [-0.1, -0.05) is 344 Å². The predicted octanol–water partition coefficient (Wildman–Crippen LogP) is 22.6.